The lowest BCUT2D eigenvalue weighted by atomic mass is 9.90. The summed E-state index contributed by atoms with van der Waals surface area (Å²) in [6.45, 7) is 8.88. The van der Waals surface area contributed by atoms with Gasteiger partial charge in [0.1, 0.15) is 11.4 Å². The fourth-order valence-electron chi connectivity index (χ4n) is 2.74. The van der Waals surface area contributed by atoms with Gasteiger partial charge in [0.05, 0.1) is 6.42 Å². The number of carboxylic acids is 1. The molecule has 2 unspecified atom stereocenters. The van der Waals surface area contributed by atoms with Crippen molar-refractivity contribution < 1.29 is 29.3 Å². The number of aliphatic carboxylic acids is 1. The van der Waals surface area contributed by atoms with Crippen LogP contribution in [0.25, 0.3) is 0 Å². The van der Waals surface area contributed by atoms with Gasteiger partial charge in [0, 0.05) is 6.42 Å². The first-order valence-corrected chi connectivity index (χ1v) is 8.09. The monoisotopic (exact) mass is 330 g/mol. The number of carbonyl (C=O) groups is 3. The highest BCUT2D eigenvalue weighted by Crippen LogP contribution is 2.26. The normalized spacial score (nSPS) is 15.6. The van der Waals surface area contributed by atoms with Crippen LogP contribution in [0.5, 0.6) is 0 Å². The molecule has 0 radical (unpaired) electrons. The second-order valence-corrected chi connectivity index (χ2v) is 7.08. The molecule has 0 spiro atoms. The number of carboxylic acid groups (broad SMARTS) is 1. The summed E-state index contributed by atoms with van der Waals surface area (Å²) in [6, 6.07) is 0. The summed E-state index contributed by atoms with van der Waals surface area (Å²) in [7, 11) is 0. The minimum absolute atomic E-state index is 0.369. The summed E-state index contributed by atoms with van der Waals surface area (Å²) < 4.78 is 5.34. The van der Waals surface area contributed by atoms with E-state index in [0.717, 1.165) is 19.3 Å². The number of unbranched alkanes of at least 4 members (excludes halogenated alkanes) is 1. The quantitative estimate of drug-likeness (QED) is 0.565. The summed E-state index contributed by atoms with van der Waals surface area (Å²) in [5.74, 6) is -2.55. The highest BCUT2D eigenvalue weighted by Gasteiger charge is 2.41. The van der Waals surface area contributed by atoms with Crippen LogP contribution in [-0.2, 0) is 19.1 Å². The van der Waals surface area contributed by atoms with Crippen molar-refractivity contribution in [2.75, 3.05) is 0 Å². The number of ketones is 1. The van der Waals surface area contributed by atoms with Gasteiger partial charge in [-0.2, -0.15) is 0 Å². The molecular weight excluding hydrogens is 300 g/mol. The summed E-state index contributed by atoms with van der Waals surface area (Å²) >= 11 is 0. The summed E-state index contributed by atoms with van der Waals surface area (Å²) in [5.41, 5.74) is -3.16. The first kappa shape index (κ1) is 21.6. The molecule has 0 bridgehead atoms. The third-order valence-corrected chi connectivity index (χ3v) is 3.66. The smallest absolute Gasteiger partial charge is 0.336 e. The standard InChI is InChI=1S/C17H30O6/c1-6-7-8-12(2)9-16(4,5)23-14(19)11-17(22,15(20)21)10-13(3)18/h12,22H,6-11H2,1-5H3,(H,20,21). The molecule has 2 N–H and O–H groups in total. The van der Waals surface area contributed by atoms with E-state index in [0.29, 0.717) is 12.3 Å². The third kappa shape index (κ3) is 8.69. The molecule has 0 aromatic rings. The number of esters is 1. The molecule has 0 heterocycles. The van der Waals surface area contributed by atoms with Crippen LogP contribution in [0.4, 0.5) is 0 Å². The zero-order valence-corrected chi connectivity index (χ0v) is 14.8. The number of aliphatic hydroxyl groups is 1. The first-order chi connectivity index (χ1) is 10.4. The highest BCUT2D eigenvalue weighted by molar-refractivity contribution is 5.90. The van der Waals surface area contributed by atoms with E-state index in [1.54, 1.807) is 13.8 Å². The Hall–Kier alpha value is -1.43. The average molecular weight is 330 g/mol. The van der Waals surface area contributed by atoms with Crippen molar-refractivity contribution in [3.63, 3.8) is 0 Å². The van der Waals surface area contributed by atoms with Crippen LogP contribution in [-0.4, -0.2) is 39.1 Å². The van der Waals surface area contributed by atoms with Gasteiger partial charge in [-0.3, -0.25) is 9.59 Å². The van der Waals surface area contributed by atoms with E-state index in [1.165, 1.54) is 6.92 Å². The molecule has 0 rings (SSSR count). The van der Waals surface area contributed by atoms with Crippen LogP contribution < -0.4 is 0 Å². The molecule has 0 aliphatic carbocycles. The molecule has 134 valence electrons. The lowest BCUT2D eigenvalue weighted by Crippen LogP contribution is -2.44. The number of carbonyl (C=O) groups excluding carboxylic acids is 2. The molecule has 6 heteroatoms. The minimum atomic E-state index is -2.41. The van der Waals surface area contributed by atoms with E-state index in [-0.39, 0.29) is 0 Å². The van der Waals surface area contributed by atoms with Crippen molar-refractivity contribution in [3.8, 4) is 0 Å². The lowest BCUT2D eigenvalue weighted by Gasteiger charge is -2.30. The maximum atomic E-state index is 12.0. The van der Waals surface area contributed by atoms with Crippen LogP contribution in [0.2, 0.25) is 0 Å². The van der Waals surface area contributed by atoms with Gasteiger partial charge in [-0.25, -0.2) is 4.79 Å². The van der Waals surface area contributed by atoms with Crippen molar-refractivity contribution in [2.24, 2.45) is 5.92 Å². The SMILES string of the molecule is CCCCC(C)CC(C)(C)OC(=O)CC(O)(CC(C)=O)C(=O)O. The number of ether oxygens (including phenoxy) is 1. The van der Waals surface area contributed by atoms with Gasteiger partial charge in [-0.05, 0) is 33.1 Å². The van der Waals surface area contributed by atoms with E-state index >= 15 is 0 Å². The molecular formula is C17H30O6. The fraction of sp³-hybridized carbons (Fsp3) is 0.824. The number of rotatable bonds is 11. The molecule has 0 aliphatic rings. The molecule has 0 aromatic heterocycles. The predicted molar refractivity (Wildman–Crippen MR) is 86.0 cm³/mol. The van der Waals surface area contributed by atoms with Gasteiger partial charge in [0.25, 0.3) is 0 Å². The van der Waals surface area contributed by atoms with E-state index < -0.39 is 41.8 Å². The summed E-state index contributed by atoms with van der Waals surface area (Å²) in [5, 5.41) is 19.1. The Bertz CT molecular complexity index is 429. The van der Waals surface area contributed by atoms with Crippen molar-refractivity contribution >= 4 is 17.7 Å². The van der Waals surface area contributed by atoms with E-state index in [4.69, 9.17) is 9.84 Å². The number of hydrogen-bond donors (Lipinski definition) is 2. The van der Waals surface area contributed by atoms with Gasteiger partial charge in [-0.1, -0.05) is 33.1 Å². The van der Waals surface area contributed by atoms with Crippen LogP contribution in [0.1, 0.15) is 73.1 Å². The Morgan fingerprint density at radius 1 is 1.17 bits per heavy atom. The molecule has 6 nitrogen and oxygen atoms in total. The predicted octanol–water partition coefficient (Wildman–Crippen LogP) is 2.71. The van der Waals surface area contributed by atoms with Crippen LogP contribution in [0.15, 0.2) is 0 Å². The van der Waals surface area contributed by atoms with Gasteiger partial charge >= 0.3 is 11.9 Å². The average Bonchev–Trinajstić information content (AvgIpc) is 2.33. The van der Waals surface area contributed by atoms with Gasteiger partial charge in [0.2, 0.25) is 0 Å². The third-order valence-electron chi connectivity index (χ3n) is 3.66. The Morgan fingerprint density at radius 2 is 1.74 bits per heavy atom. The molecule has 0 aromatic carbocycles. The second-order valence-electron chi connectivity index (χ2n) is 7.08. The minimum Gasteiger partial charge on any atom is -0.479 e. The zero-order valence-electron chi connectivity index (χ0n) is 14.8. The zero-order chi connectivity index (χ0) is 18.3. The molecule has 0 saturated heterocycles. The van der Waals surface area contributed by atoms with Crippen molar-refractivity contribution in [1.82, 2.24) is 0 Å². The molecule has 23 heavy (non-hydrogen) atoms. The summed E-state index contributed by atoms with van der Waals surface area (Å²) in [6.07, 6.45) is 2.51. The Labute approximate surface area is 138 Å². The van der Waals surface area contributed by atoms with Crippen molar-refractivity contribution in [1.29, 1.82) is 0 Å². The molecule has 0 saturated carbocycles. The van der Waals surface area contributed by atoms with Crippen LogP contribution in [0.3, 0.4) is 0 Å². The van der Waals surface area contributed by atoms with Gasteiger partial charge in [-0.15, -0.1) is 0 Å². The lowest BCUT2D eigenvalue weighted by molar-refractivity contribution is -0.175. The van der Waals surface area contributed by atoms with E-state index in [9.17, 15) is 19.5 Å². The highest BCUT2D eigenvalue weighted by atomic mass is 16.6. The molecule has 0 amide bonds. The van der Waals surface area contributed by atoms with Gasteiger partial charge in [0.15, 0.2) is 5.60 Å². The largest absolute Gasteiger partial charge is 0.479 e. The number of Topliss-reactive ketones (excluding diaryl/α,β-unsaturated/α-hetero) is 1. The molecule has 0 fully saturated rings. The Morgan fingerprint density at radius 3 is 2.17 bits per heavy atom. The van der Waals surface area contributed by atoms with E-state index in [1.807, 2.05) is 0 Å². The Balaban J connectivity index is 4.71. The molecule has 0 aliphatic heterocycles. The van der Waals surface area contributed by atoms with Crippen molar-refractivity contribution in [2.45, 2.75) is 84.3 Å². The van der Waals surface area contributed by atoms with E-state index in [2.05, 4.69) is 13.8 Å². The maximum Gasteiger partial charge on any atom is 0.336 e. The van der Waals surface area contributed by atoms with Crippen LogP contribution in [0, 0.1) is 5.92 Å². The van der Waals surface area contributed by atoms with Crippen molar-refractivity contribution in [3.05, 3.63) is 0 Å². The summed E-state index contributed by atoms with van der Waals surface area (Å²) in [4.78, 5) is 34.2. The topological polar surface area (TPSA) is 101 Å². The fourth-order valence-corrected chi connectivity index (χ4v) is 2.74. The second kappa shape index (κ2) is 9.01. The first-order valence-electron chi connectivity index (χ1n) is 8.09. The molecule has 2 atom stereocenters. The Kier molecular flexibility index (Phi) is 8.45. The van der Waals surface area contributed by atoms with Crippen LogP contribution >= 0.6 is 0 Å². The van der Waals surface area contributed by atoms with Gasteiger partial charge < -0.3 is 14.9 Å². The maximum absolute atomic E-state index is 12.0. The number of hydrogen-bond acceptors (Lipinski definition) is 5.